The number of aryl methyl sites for hydroxylation is 2. The SMILES string of the molecule is Cc1nn(C)c(-c2c[nH]c3ccccc23)c1C=O. The van der Waals surface area contributed by atoms with Crippen molar-refractivity contribution in [1.82, 2.24) is 14.8 Å². The molecule has 0 fully saturated rings. The Morgan fingerprint density at radius 1 is 1.33 bits per heavy atom. The topological polar surface area (TPSA) is 50.7 Å². The Labute approximate surface area is 104 Å². The lowest BCUT2D eigenvalue weighted by Crippen LogP contribution is -1.94. The molecule has 3 rings (SSSR count). The summed E-state index contributed by atoms with van der Waals surface area (Å²) in [5.41, 5.74) is 4.34. The van der Waals surface area contributed by atoms with Gasteiger partial charge in [0.25, 0.3) is 0 Å². The lowest BCUT2D eigenvalue weighted by atomic mass is 10.1. The Morgan fingerprint density at radius 2 is 2.11 bits per heavy atom. The Balaban J connectivity index is 2.36. The molecule has 0 unspecified atom stereocenters. The second-order valence-electron chi connectivity index (χ2n) is 4.34. The minimum atomic E-state index is 0.655. The average Bonchev–Trinajstić information content (AvgIpc) is 2.89. The highest BCUT2D eigenvalue weighted by Crippen LogP contribution is 2.31. The molecule has 3 aromatic rings. The number of carbonyl (C=O) groups excluding carboxylic acids is 1. The van der Waals surface area contributed by atoms with E-state index in [9.17, 15) is 4.79 Å². The molecular weight excluding hydrogens is 226 g/mol. The summed E-state index contributed by atoms with van der Waals surface area (Å²) in [6.07, 6.45) is 2.80. The van der Waals surface area contributed by atoms with Gasteiger partial charge in [0.15, 0.2) is 6.29 Å². The van der Waals surface area contributed by atoms with Crippen LogP contribution in [0.5, 0.6) is 0 Å². The molecule has 4 heteroatoms. The normalized spacial score (nSPS) is 11.0. The van der Waals surface area contributed by atoms with Crippen molar-refractivity contribution in [3.63, 3.8) is 0 Å². The van der Waals surface area contributed by atoms with Crippen LogP contribution < -0.4 is 0 Å². The maximum atomic E-state index is 11.2. The van der Waals surface area contributed by atoms with Gasteiger partial charge in [-0.05, 0) is 13.0 Å². The third-order valence-corrected chi connectivity index (χ3v) is 3.23. The predicted molar refractivity (Wildman–Crippen MR) is 70.6 cm³/mol. The first-order chi connectivity index (χ1) is 8.72. The Bertz CT molecular complexity index is 737. The summed E-state index contributed by atoms with van der Waals surface area (Å²) in [6.45, 7) is 1.85. The van der Waals surface area contributed by atoms with Gasteiger partial charge in [0.05, 0.1) is 17.0 Å². The van der Waals surface area contributed by atoms with Crippen LogP contribution in [0.2, 0.25) is 0 Å². The summed E-state index contributed by atoms with van der Waals surface area (Å²) in [4.78, 5) is 14.4. The number of aldehydes is 1. The summed E-state index contributed by atoms with van der Waals surface area (Å²) in [7, 11) is 1.86. The highest BCUT2D eigenvalue weighted by molar-refractivity contribution is 5.99. The Kier molecular flexibility index (Phi) is 2.30. The van der Waals surface area contributed by atoms with E-state index < -0.39 is 0 Å². The smallest absolute Gasteiger partial charge is 0.154 e. The van der Waals surface area contributed by atoms with Crippen LogP contribution in [0.15, 0.2) is 30.5 Å². The molecule has 0 aliphatic heterocycles. The van der Waals surface area contributed by atoms with E-state index in [0.29, 0.717) is 5.56 Å². The second kappa shape index (κ2) is 3.84. The molecule has 0 bridgehead atoms. The van der Waals surface area contributed by atoms with E-state index in [0.717, 1.165) is 34.1 Å². The molecule has 0 saturated carbocycles. The zero-order chi connectivity index (χ0) is 12.7. The first kappa shape index (κ1) is 10.8. The summed E-state index contributed by atoms with van der Waals surface area (Å²) in [5, 5.41) is 5.42. The molecule has 1 aromatic carbocycles. The van der Waals surface area contributed by atoms with Crippen molar-refractivity contribution < 1.29 is 4.79 Å². The first-order valence-electron chi connectivity index (χ1n) is 5.77. The van der Waals surface area contributed by atoms with Crippen LogP contribution >= 0.6 is 0 Å². The maximum Gasteiger partial charge on any atom is 0.154 e. The van der Waals surface area contributed by atoms with Gasteiger partial charge in [-0.15, -0.1) is 0 Å². The fraction of sp³-hybridized carbons (Fsp3) is 0.143. The summed E-state index contributed by atoms with van der Waals surface area (Å²) in [6, 6.07) is 8.03. The molecule has 0 aliphatic rings. The van der Waals surface area contributed by atoms with E-state index in [1.807, 2.05) is 44.4 Å². The van der Waals surface area contributed by atoms with Gasteiger partial charge < -0.3 is 4.98 Å². The van der Waals surface area contributed by atoms with Crippen molar-refractivity contribution in [3.8, 4) is 11.3 Å². The molecule has 2 heterocycles. The van der Waals surface area contributed by atoms with E-state index in [4.69, 9.17) is 0 Å². The number of fused-ring (bicyclic) bond motifs is 1. The van der Waals surface area contributed by atoms with Gasteiger partial charge in [-0.1, -0.05) is 18.2 Å². The quantitative estimate of drug-likeness (QED) is 0.699. The van der Waals surface area contributed by atoms with Crippen molar-refractivity contribution >= 4 is 17.2 Å². The standard InChI is InChI=1S/C14H13N3O/c1-9-12(8-18)14(17(2)16-9)11-7-15-13-6-4-3-5-10(11)13/h3-8,15H,1-2H3. The molecule has 1 N–H and O–H groups in total. The third kappa shape index (κ3) is 1.39. The molecule has 0 atom stereocenters. The third-order valence-electron chi connectivity index (χ3n) is 3.23. The van der Waals surface area contributed by atoms with Crippen molar-refractivity contribution in [1.29, 1.82) is 0 Å². The monoisotopic (exact) mass is 239 g/mol. The first-order valence-corrected chi connectivity index (χ1v) is 5.77. The number of rotatable bonds is 2. The number of nitrogens with one attached hydrogen (secondary N) is 1. The minimum Gasteiger partial charge on any atom is -0.360 e. The largest absolute Gasteiger partial charge is 0.360 e. The van der Waals surface area contributed by atoms with E-state index in [-0.39, 0.29) is 0 Å². The van der Waals surface area contributed by atoms with Gasteiger partial charge >= 0.3 is 0 Å². The number of hydrogen-bond acceptors (Lipinski definition) is 2. The molecule has 0 spiro atoms. The minimum absolute atomic E-state index is 0.655. The lowest BCUT2D eigenvalue weighted by molar-refractivity contribution is 0.112. The molecule has 0 radical (unpaired) electrons. The van der Waals surface area contributed by atoms with Crippen LogP contribution in [-0.2, 0) is 7.05 Å². The van der Waals surface area contributed by atoms with Gasteiger partial charge in [-0.3, -0.25) is 9.48 Å². The van der Waals surface area contributed by atoms with Gasteiger partial charge in [0.1, 0.15) is 0 Å². The highest BCUT2D eigenvalue weighted by Gasteiger charge is 2.17. The number of hydrogen-bond donors (Lipinski definition) is 1. The molecule has 90 valence electrons. The fourth-order valence-electron chi connectivity index (χ4n) is 2.40. The zero-order valence-electron chi connectivity index (χ0n) is 10.3. The molecule has 18 heavy (non-hydrogen) atoms. The maximum absolute atomic E-state index is 11.2. The van der Waals surface area contributed by atoms with E-state index in [2.05, 4.69) is 10.1 Å². The van der Waals surface area contributed by atoms with Crippen LogP contribution in [-0.4, -0.2) is 21.1 Å². The number of nitrogens with zero attached hydrogens (tertiary/aromatic N) is 2. The zero-order valence-corrected chi connectivity index (χ0v) is 10.3. The van der Waals surface area contributed by atoms with E-state index in [1.165, 1.54) is 0 Å². The van der Waals surface area contributed by atoms with E-state index in [1.54, 1.807) is 4.68 Å². The summed E-state index contributed by atoms with van der Waals surface area (Å²) >= 11 is 0. The number of benzene rings is 1. The molecule has 4 nitrogen and oxygen atoms in total. The second-order valence-corrected chi connectivity index (χ2v) is 4.34. The average molecular weight is 239 g/mol. The van der Waals surface area contributed by atoms with Gasteiger partial charge in [0.2, 0.25) is 0 Å². The van der Waals surface area contributed by atoms with Crippen molar-refractivity contribution in [2.75, 3.05) is 0 Å². The van der Waals surface area contributed by atoms with Crippen molar-refractivity contribution in [2.45, 2.75) is 6.92 Å². The van der Waals surface area contributed by atoms with Crippen LogP contribution in [0.4, 0.5) is 0 Å². The van der Waals surface area contributed by atoms with Crippen LogP contribution in [0, 0.1) is 6.92 Å². The van der Waals surface area contributed by atoms with Crippen LogP contribution in [0.25, 0.3) is 22.2 Å². The Hall–Kier alpha value is -2.36. The molecular formula is C14H13N3O. The molecule has 2 aromatic heterocycles. The number of carbonyl (C=O) groups is 1. The lowest BCUT2D eigenvalue weighted by Gasteiger charge is -2.01. The van der Waals surface area contributed by atoms with E-state index >= 15 is 0 Å². The summed E-state index contributed by atoms with van der Waals surface area (Å²) in [5.74, 6) is 0. The van der Waals surface area contributed by atoms with Crippen LogP contribution in [0.1, 0.15) is 16.1 Å². The fourth-order valence-corrected chi connectivity index (χ4v) is 2.40. The van der Waals surface area contributed by atoms with Crippen molar-refractivity contribution in [2.24, 2.45) is 7.05 Å². The van der Waals surface area contributed by atoms with Gasteiger partial charge in [-0.25, -0.2) is 0 Å². The van der Waals surface area contributed by atoms with Crippen LogP contribution in [0.3, 0.4) is 0 Å². The van der Waals surface area contributed by atoms with Gasteiger partial charge in [0, 0.05) is 29.7 Å². The van der Waals surface area contributed by atoms with Gasteiger partial charge in [-0.2, -0.15) is 5.10 Å². The van der Waals surface area contributed by atoms with Crippen molar-refractivity contribution in [3.05, 3.63) is 41.7 Å². The predicted octanol–water partition coefficient (Wildman–Crippen LogP) is 2.69. The number of H-pyrrole nitrogens is 1. The highest BCUT2D eigenvalue weighted by atomic mass is 16.1. The number of para-hydroxylation sites is 1. The Morgan fingerprint density at radius 3 is 2.89 bits per heavy atom. The molecule has 0 amide bonds. The summed E-state index contributed by atoms with van der Waals surface area (Å²) < 4.78 is 1.76. The molecule has 0 aliphatic carbocycles. The molecule has 0 saturated heterocycles. The number of aromatic nitrogens is 3. The number of aromatic amines is 1.